The molecule has 12 heavy (non-hydrogen) atoms. The Morgan fingerprint density at radius 1 is 0.500 bits per heavy atom. The second kappa shape index (κ2) is 29.2. The third kappa shape index (κ3) is 333. The normalized spacial score (nSPS) is 4.50. The zero-order chi connectivity index (χ0) is 7.15. The van der Waals surface area contributed by atoms with Crippen LogP contribution in [0.25, 0.3) is 0 Å². The number of hydrogen-bond acceptors (Lipinski definition) is 6. The summed E-state index contributed by atoms with van der Waals surface area (Å²) in [6, 6.07) is 0. The quantitative estimate of drug-likeness (QED) is 0.387. The Balaban J connectivity index is -0.0000000112. The summed E-state index contributed by atoms with van der Waals surface area (Å²) >= 11 is 0. The third-order valence-corrected chi connectivity index (χ3v) is 0. The maximum absolute atomic E-state index is 8.42. The Hall–Kier alpha value is 2.12. The molecule has 0 N–H and O–H groups in total. The van der Waals surface area contributed by atoms with Crippen LogP contribution in [-0.4, -0.2) is 14.6 Å². The first kappa shape index (κ1) is 36.9. The van der Waals surface area contributed by atoms with Crippen LogP contribution in [0, 0.1) is 0 Å². The first-order valence-electron chi connectivity index (χ1n) is 1.41. The summed E-state index contributed by atoms with van der Waals surface area (Å²) in [7, 11) is -5.83. The van der Waals surface area contributed by atoms with E-state index in [0.29, 0.717) is 0 Å². The molecule has 0 aliphatic rings. The van der Waals surface area contributed by atoms with E-state index in [1.165, 1.54) is 0 Å². The minimum absolute atomic E-state index is 0. The van der Waals surface area contributed by atoms with E-state index in [1.807, 2.05) is 0 Å². The third-order valence-electron chi connectivity index (χ3n) is 0. The number of rotatable bonds is 0. The van der Waals surface area contributed by atoms with Gasteiger partial charge >= 0.3 is 71.9 Å². The SMILES string of the molecule is [Fe+2].[Fe+2].[Li+].[Li+].[O-]B([O-])[O-].[O-]B([O-])[O-]. The van der Waals surface area contributed by atoms with Gasteiger partial charge in [-0.05, 0) is 0 Å². The largest absolute Gasteiger partial charge is 2.00 e. The van der Waals surface area contributed by atoms with Crippen molar-refractivity contribution in [3.05, 3.63) is 0 Å². The predicted octanol–water partition coefficient (Wildman–Crippen LogP) is -13.9. The van der Waals surface area contributed by atoms with Crippen molar-refractivity contribution in [3.63, 3.8) is 0 Å². The monoisotopic (exact) mass is 244 g/mol. The Labute approximate surface area is 116 Å². The molecule has 12 heteroatoms. The molecule has 6 nitrogen and oxygen atoms in total. The zero-order valence-electron chi connectivity index (χ0n) is 6.31. The summed E-state index contributed by atoms with van der Waals surface area (Å²) in [5, 5.41) is 50.5. The van der Waals surface area contributed by atoms with Gasteiger partial charge in [-0.15, -0.1) is 0 Å². The Morgan fingerprint density at radius 3 is 0.500 bits per heavy atom. The molecule has 0 unspecified atom stereocenters. The van der Waals surface area contributed by atoms with Gasteiger partial charge in [0.1, 0.15) is 0 Å². The van der Waals surface area contributed by atoms with Crippen LogP contribution in [0.3, 0.4) is 0 Å². The van der Waals surface area contributed by atoms with Crippen LogP contribution in [0.15, 0.2) is 0 Å². The van der Waals surface area contributed by atoms with Crippen LogP contribution in [0.2, 0.25) is 0 Å². The van der Waals surface area contributed by atoms with Gasteiger partial charge in [-0.1, -0.05) is 0 Å². The van der Waals surface area contributed by atoms with E-state index in [1.54, 1.807) is 0 Å². The first-order valence-corrected chi connectivity index (χ1v) is 1.41. The number of hydrogen-bond donors (Lipinski definition) is 0. The van der Waals surface area contributed by atoms with Gasteiger partial charge in [-0.25, -0.2) is 0 Å². The van der Waals surface area contributed by atoms with Crippen molar-refractivity contribution in [2.24, 2.45) is 0 Å². The molecule has 0 spiro atoms. The molecular formula is B2Fe2Li2O6. The summed E-state index contributed by atoms with van der Waals surface area (Å²) in [5.74, 6) is 0. The summed E-state index contributed by atoms with van der Waals surface area (Å²) in [6.07, 6.45) is 0. The minimum atomic E-state index is -2.92. The zero-order valence-corrected chi connectivity index (χ0v) is 8.52. The molecule has 0 aliphatic carbocycles. The van der Waals surface area contributed by atoms with E-state index in [0.717, 1.165) is 0 Å². The summed E-state index contributed by atoms with van der Waals surface area (Å²) in [4.78, 5) is 0. The van der Waals surface area contributed by atoms with E-state index in [9.17, 15) is 0 Å². The van der Waals surface area contributed by atoms with Gasteiger partial charge in [0.2, 0.25) is 0 Å². The summed E-state index contributed by atoms with van der Waals surface area (Å²) in [6.45, 7) is 0. The van der Waals surface area contributed by atoms with Crippen LogP contribution in [-0.2, 0) is 34.1 Å². The molecule has 0 saturated carbocycles. The van der Waals surface area contributed by atoms with Gasteiger partial charge in [0.25, 0.3) is 0 Å². The van der Waals surface area contributed by atoms with E-state index in [4.69, 9.17) is 30.1 Å². The first-order chi connectivity index (χ1) is 3.46. The average molecular weight is 243 g/mol. The van der Waals surface area contributed by atoms with E-state index in [-0.39, 0.29) is 71.9 Å². The molecule has 0 amide bonds. The maximum Gasteiger partial charge on any atom is 2.00 e. The molecule has 0 saturated heterocycles. The van der Waals surface area contributed by atoms with E-state index >= 15 is 0 Å². The van der Waals surface area contributed by atoms with Crippen LogP contribution in [0.5, 0.6) is 0 Å². The average Bonchev–Trinajstić information content (AvgIpc) is 1.25. The van der Waals surface area contributed by atoms with Crippen molar-refractivity contribution in [1.29, 1.82) is 0 Å². The molecule has 0 bridgehead atoms. The molecule has 0 aromatic rings. The van der Waals surface area contributed by atoms with Gasteiger partial charge in [0, 0.05) is 0 Å². The molecular weight excluding hydrogens is 243 g/mol. The molecule has 0 atom stereocenters. The standard InChI is InChI=1S/2BO3.2Fe.2Li/c2*2-1(3)4;;;;/q2*-3;2*+2;2*+1. The molecule has 0 aliphatic heterocycles. The fourth-order valence-corrected chi connectivity index (χ4v) is 0. The minimum Gasteiger partial charge on any atom is -0.907 e. The van der Waals surface area contributed by atoms with Crippen LogP contribution in [0.4, 0.5) is 0 Å². The molecule has 0 rings (SSSR count). The smallest absolute Gasteiger partial charge is 0.907 e. The van der Waals surface area contributed by atoms with Crippen molar-refractivity contribution >= 4 is 14.6 Å². The molecule has 60 valence electrons. The van der Waals surface area contributed by atoms with Crippen molar-refractivity contribution in [2.75, 3.05) is 0 Å². The fraction of sp³-hybridized carbons (Fsp3) is 0. The van der Waals surface area contributed by atoms with E-state index < -0.39 is 14.6 Å². The van der Waals surface area contributed by atoms with Crippen molar-refractivity contribution in [3.8, 4) is 0 Å². The van der Waals surface area contributed by atoms with E-state index in [2.05, 4.69) is 0 Å². The summed E-state index contributed by atoms with van der Waals surface area (Å²) < 4.78 is 0. The van der Waals surface area contributed by atoms with Crippen LogP contribution >= 0.6 is 0 Å². The Morgan fingerprint density at radius 2 is 0.500 bits per heavy atom. The molecule has 0 fully saturated rings. The second-order valence-electron chi connectivity index (χ2n) is 0.577. The molecule has 0 heterocycles. The van der Waals surface area contributed by atoms with Gasteiger partial charge in [-0.2, -0.15) is 0 Å². The maximum atomic E-state index is 8.42. The Kier molecular flexibility index (Phi) is 89.8. The van der Waals surface area contributed by atoms with Gasteiger partial charge in [0.05, 0.1) is 0 Å². The Bertz CT molecular complexity index is 37.0. The molecule has 0 aromatic heterocycles. The van der Waals surface area contributed by atoms with Crippen molar-refractivity contribution < 1.29 is 102 Å². The molecule has 0 aromatic carbocycles. The predicted molar refractivity (Wildman–Crippen MR) is 11.5 cm³/mol. The van der Waals surface area contributed by atoms with Crippen molar-refractivity contribution in [2.45, 2.75) is 0 Å². The fourth-order valence-electron chi connectivity index (χ4n) is 0. The van der Waals surface area contributed by atoms with Crippen LogP contribution in [0.1, 0.15) is 0 Å². The summed E-state index contributed by atoms with van der Waals surface area (Å²) in [5.41, 5.74) is 0. The van der Waals surface area contributed by atoms with Gasteiger partial charge < -0.3 is 30.1 Å². The van der Waals surface area contributed by atoms with Crippen molar-refractivity contribution in [1.82, 2.24) is 0 Å². The van der Waals surface area contributed by atoms with Gasteiger partial charge in [0.15, 0.2) is 0 Å². The molecule has 0 radical (unpaired) electrons. The second-order valence-corrected chi connectivity index (χ2v) is 0.577. The van der Waals surface area contributed by atoms with Gasteiger partial charge in [-0.3, -0.25) is 14.6 Å². The van der Waals surface area contributed by atoms with Crippen LogP contribution < -0.4 is 67.9 Å². The topological polar surface area (TPSA) is 138 Å².